The zero-order chi connectivity index (χ0) is 35.7. The van der Waals surface area contributed by atoms with Crippen molar-refractivity contribution in [1.29, 1.82) is 0 Å². The van der Waals surface area contributed by atoms with Crippen LogP contribution in [0, 0.1) is 23.1 Å². The summed E-state index contributed by atoms with van der Waals surface area (Å²) in [7, 11) is 0. The lowest BCUT2D eigenvalue weighted by Crippen LogP contribution is -2.47. The van der Waals surface area contributed by atoms with Crippen molar-refractivity contribution >= 4 is 23.4 Å². The number of rotatable bonds is 19. The number of hydrogen-bond donors (Lipinski definition) is 0. The van der Waals surface area contributed by atoms with Gasteiger partial charge in [-0.1, -0.05) is 72.1 Å². The molecule has 0 spiro atoms. The zero-order valence-electron chi connectivity index (χ0n) is 30.8. The topological polar surface area (TPSA) is 85.7 Å². The van der Waals surface area contributed by atoms with Gasteiger partial charge in [-0.05, 0) is 100 Å². The van der Waals surface area contributed by atoms with E-state index in [4.69, 9.17) is 4.74 Å². The van der Waals surface area contributed by atoms with E-state index in [9.17, 15) is 23.6 Å². The molecule has 1 saturated heterocycles. The van der Waals surface area contributed by atoms with Gasteiger partial charge in [-0.15, -0.1) is 0 Å². The van der Waals surface area contributed by atoms with Crippen molar-refractivity contribution in [3.05, 3.63) is 58.2 Å². The minimum atomic E-state index is -0.740. The molecular weight excluding hydrogens is 631 g/mol. The lowest BCUT2D eigenvalue weighted by atomic mass is 9.72. The van der Waals surface area contributed by atoms with E-state index in [0.717, 1.165) is 87.0 Å². The van der Waals surface area contributed by atoms with Crippen LogP contribution in [-0.4, -0.2) is 59.2 Å². The third-order valence-electron chi connectivity index (χ3n) is 11.5. The van der Waals surface area contributed by atoms with Gasteiger partial charge >= 0.3 is 5.97 Å². The number of Topliss-reactive ketones (excluding diaryl/α,β-unsaturated/α-hetero) is 2. The Bertz CT molecular complexity index is 1490. The Labute approximate surface area is 298 Å². The number of ether oxygens (including phenoxy) is 1. The quantitative estimate of drug-likeness (QED) is 0.0831. The second-order valence-electron chi connectivity index (χ2n) is 15.7. The monoisotopic (exact) mass is 690 g/mol. The molecule has 0 N–H and O–H groups in total. The third-order valence-corrected chi connectivity index (χ3v) is 11.5. The fraction of sp³-hybridized carbons (Fsp3) is 0.667. The normalized spacial score (nSPS) is 18.8. The lowest BCUT2D eigenvalue weighted by molar-refractivity contribution is -0.144. The highest BCUT2D eigenvalue weighted by molar-refractivity contribution is 6.04. The number of aromatic nitrogens is 1. The van der Waals surface area contributed by atoms with Crippen LogP contribution in [0.25, 0.3) is 0 Å². The smallest absolute Gasteiger partial charge is 0.305 e. The molecule has 7 nitrogen and oxygen atoms in total. The Morgan fingerprint density at radius 3 is 2.32 bits per heavy atom. The summed E-state index contributed by atoms with van der Waals surface area (Å²) in [4.78, 5) is 55.8. The highest BCUT2D eigenvalue weighted by Crippen LogP contribution is 2.43. The van der Waals surface area contributed by atoms with E-state index < -0.39 is 5.41 Å². The number of likely N-dealkylation sites (tertiary alicyclic amines) is 1. The Balaban J connectivity index is 1.12. The van der Waals surface area contributed by atoms with Gasteiger partial charge in [-0.2, -0.15) is 0 Å². The van der Waals surface area contributed by atoms with E-state index in [1.165, 1.54) is 62.8 Å². The number of carbonyl (C=O) groups is 4. The van der Waals surface area contributed by atoms with Crippen LogP contribution >= 0.6 is 0 Å². The van der Waals surface area contributed by atoms with E-state index in [0.29, 0.717) is 37.8 Å². The predicted molar refractivity (Wildman–Crippen MR) is 194 cm³/mol. The summed E-state index contributed by atoms with van der Waals surface area (Å²) in [6.07, 6.45) is 16.9. The predicted octanol–water partition coefficient (Wildman–Crippen LogP) is 8.98. The van der Waals surface area contributed by atoms with Crippen LogP contribution in [0.15, 0.2) is 24.3 Å². The van der Waals surface area contributed by atoms with Crippen LogP contribution in [-0.2, 0) is 28.8 Å². The van der Waals surface area contributed by atoms with E-state index >= 15 is 0 Å². The molecule has 1 aromatic carbocycles. The molecule has 0 radical (unpaired) electrons. The van der Waals surface area contributed by atoms with Crippen LogP contribution < -0.4 is 0 Å². The van der Waals surface area contributed by atoms with E-state index in [1.807, 2.05) is 18.4 Å². The average Bonchev–Trinajstić information content (AvgIpc) is 3.68. The van der Waals surface area contributed by atoms with Crippen molar-refractivity contribution in [2.24, 2.45) is 17.3 Å². The fourth-order valence-corrected chi connectivity index (χ4v) is 8.39. The molecule has 3 aliphatic rings. The Kier molecular flexibility index (Phi) is 13.6. The number of piperidine rings is 1. The molecule has 2 atom stereocenters. The molecule has 5 rings (SSSR count). The van der Waals surface area contributed by atoms with Gasteiger partial charge in [0.1, 0.15) is 5.82 Å². The summed E-state index contributed by atoms with van der Waals surface area (Å²) < 4.78 is 20.7. The van der Waals surface area contributed by atoms with Gasteiger partial charge in [0.15, 0.2) is 11.6 Å². The highest BCUT2D eigenvalue weighted by Gasteiger charge is 2.45. The van der Waals surface area contributed by atoms with Crippen LogP contribution in [0.5, 0.6) is 0 Å². The Morgan fingerprint density at radius 2 is 1.60 bits per heavy atom. The van der Waals surface area contributed by atoms with Gasteiger partial charge in [-0.25, -0.2) is 4.39 Å². The standard InChI is InChI=1S/C42H59FN2O5/c1-4-5-6-7-8-9-10-11-12-18-38(47)50-27-24-42(2,3)41(49)45-35-16-13-15-33(35)39-36(45)28-31-23-26-44(29-34(31)40(39)48)25-14-17-37(46)30-19-21-32(43)22-20-30/h19-22,31,34H,4-18,23-29H2,1-3H3/t31-,34+/m0/s1. The maximum atomic E-state index is 14.3. The van der Waals surface area contributed by atoms with Crippen molar-refractivity contribution in [3.8, 4) is 0 Å². The number of unbranched alkanes of at least 4 members (excludes halogenated alkanes) is 8. The van der Waals surface area contributed by atoms with Crippen LogP contribution in [0.3, 0.4) is 0 Å². The molecule has 2 aliphatic carbocycles. The summed E-state index contributed by atoms with van der Waals surface area (Å²) in [6.45, 7) is 8.60. The first-order valence-electron chi connectivity index (χ1n) is 19.6. The molecule has 0 unspecified atom stereocenters. The summed E-state index contributed by atoms with van der Waals surface area (Å²) >= 11 is 0. The maximum Gasteiger partial charge on any atom is 0.305 e. The summed E-state index contributed by atoms with van der Waals surface area (Å²) in [5.74, 6) is -0.251. The molecule has 1 fully saturated rings. The van der Waals surface area contributed by atoms with Crippen molar-refractivity contribution < 1.29 is 28.3 Å². The molecule has 274 valence electrons. The minimum Gasteiger partial charge on any atom is -0.466 e. The van der Waals surface area contributed by atoms with Gasteiger partial charge < -0.3 is 9.64 Å². The molecule has 0 bridgehead atoms. The first kappa shape index (κ1) is 38.1. The molecule has 50 heavy (non-hydrogen) atoms. The second kappa shape index (κ2) is 17.9. The molecule has 2 aromatic rings. The van der Waals surface area contributed by atoms with E-state index in [-0.39, 0.29) is 47.7 Å². The maximum absolute atomic E-state index is 14.3. The van der Waals surface area contributed by atoms with Crippen molar-refractivity contribution in [2.45, 2.75) is 136 Å². The van der Waals surface area contributed by atoms with Crippen molar-refractivity contribution in [1.82, 2.24) is 9.47 Å². The number of fused-ring (bicyclic) bond motifs is 4. The molecule has 8 heteroatoms. The number of benzene rings is 1. The van der Waals surface area contributed by atoms with Crippen LogP contribution in [0.2, 0.25) is 0 Å². The van der Waals surface area contributed by atoms with Gasteiger partial charge in [0.05, 0.1) is 6.61 Å². The summed E-state index contributed by atoms with van der Waals surface area (Å²) in [5.41, 5.74) is 3.57. The molecule has 1 aromatic heterocycles. The molecule has 0 amide bonds. The molecule has 1 aliphatic heterocycles. The average molecular weight is 691 g/mol. The number of nitrogens with zero attached hydrogens (tertiary/aromatic N) is 2. The van der Waals surface area contributed by atoms with Gasteiger partial charge in [-0.3, -0.25) is 23.7 Å². The number of ketones is 2. The number of hydrogen-bond acceptors (Lipinski definition) is 6. The van der Waals surface area contributed by atoms with E-state index in [2.05, 4.69) is 11.8 Å². The lowest BCUT2D eigenvalue weighted by Gasteiger charge is -2.41. The molecule has 0 saturated carbocycles. The molecule has 2 heterocycles. The zero-order valence-corrected chi connectivity index (χ0v) is 30.8. The van der Waals surface area contributed by atoms with E-state index in [1.54, 1.807) is 0 Å². The van der Waals surface area contributed by atoms with Gasteiger partial charge in [0.25, 0.3) is 0 Å². The van der Waals surface area contributed by atoms with Crippen molar-refractivity contribution in [2.75, 3.05) is 26.2 Å². The summed E-state index contributed by atoms with van der Waals surface area (Å²) in [5, 5.41) is 0. The Morgan fingerprint density at radius 1 is 0.900 bits per heavy atom. The number of esters is 1. The molecular formula is C42H59FN2O5. The fourth-order valence-electron chi connectivity index (χ4n) is 8.39. The SMILES string of the molecule is CCCCCCCCCCCC(=O)OCCC(C)(C)C(=O)n1c2c(c3c1C[C@@H]1CCN(CCCC(=O)c4ccc(F)cc4)C[C@H]1C3=O)CCC2. The number of carbonyl (C=O) groups excluding carboxylic acids is 4. The first-order chi connectivity index (χ1) is 24.1. The Hall–Kier alpha value is -3.13. The largest absolute Gasteiger partial charge is 0.466 e. The summed E-state index contributed by atoms with van der Waals surface area (Å²) in [6, 6.07) is 5.70. The van der Waals surface area contributed by atoms with Crippen molar-refractivity contribution in [3.63, 3.8) is 0 Å². The van der Waals surface area contributed by atoms with Crippen LogP contribution in [0.1, 0.15) is 160 Å². The highest BCUT2D eigenvalue weighted by atomic mass is 19.1. The minimum absolute atomic E-state index is 0.00129. The number of halogens is 1. The van der Waals surface area contributed by atoms with Gasteiger partial charge in [0, 0.05) is 53.2 Å². The third kappa shape index (κ3) is 9.40. The first-order valence-corrected chi connectivity index (χ1v) is 19.6. The second-order valence-corrected chi connectivity index (χ2v) is 15.7. The van der Waals surface area contributed by atoms with Gasteiger partial charge in [0.2, 0.25) is 5.91 Å². The van der Waals surface area contributed by atoms with Crippen LogP contribution in [0.4, 0.5) is 4.39 Å².